The Morgan fingerprint density at radius 1 is 1.36 bits per heavy atom. The molecule has 1 aliphatic rings. The molecule has 0 aromatic carbocycles. The molecule has 2 atom stereocenters. The van der Waals surface area contributed by atoms with E-state index in [1.54, 1.807) is 0 Å². The Hall–Kier alpha value is -0.120. The molecule has 1 N–H and O–H groups in total. The molecule has 0 bridgehead atoms. The van der Waals surface area contributed by atoms with Crippen LogP contribution in [0.3, 0.4) is 0 Å². The summed E-state index contributed by atoms with van der Waals surface area (Å²) in [4.78, 5) is 0. The van der Waals surface area contributed by atoms with Gasteiger partial charge in [0.25, 0.3) is 0 Å². The van der Waals surface area contributed by atoms with E-state index in [0.717, 1.165) is 19.4 Å². The van der Waals surface area contributed by atoms with Gasteiger partial charge in [0.2, 0.25) is 0 Å². The van der Waals surface area contributed by atoms with Gasteiger partial charge in [-0.25, -0.2) is 0 Å². The van der Waals surface area contributed by atoms with Gasteiger partial charge in [-0.3, -0.25) is 5.32 Å². The van der Waals surface area contributed by atoms with Gasteiger partial charge >= 0.3 is 0 Å². The number of hydrogen-bond acceptors (Lipinski definition) is 3. The molecule has 0 saturated carbocycles. The van der Waals surface area contributed by atoms with Gasteiger partial charge in [0.1, 0.15) is 6.23 Å². The number of rotatable bonds is 3. The minimum Gasteiger partial charge on any atom is -0.372 e. The molecule has 2 unspecified atom stereocenters. The summed E-state index contributed by atoms with van der Waals surface area (Å²) in [5.74, 6) is 0. The van der Waals surface area contributed by atoms with Crippen molar-refractivity contribution in [1.82, 2.24) is 5.32 Å². The van der Waals surface area contributed by atoms with E-state index in [2.05, 4.69) is 12.2 Å². The Morgan fingerprint density at radius 2 is 2.09 bits per heavy atom. The maximum Gasteiger partial charge on any atom is 0.134 e. The lowest BCUT2D eigenvalue weighted by Crippen LogP contribution is -2.46. The summed E-state index contributed by atoms with van der Waals surface area (Å²) in [6.07, 6.45) is 2.57. The molecule has 3 nitrogen and oxygen atoms in total. The molecule has 11 heavy (non-hydrogen) atoms. The standard InChI is InChI=1S/C8H17NO2/c1-3-4-7-8(9-2)11-6-5-10-7/h7-9H,3-6H2,1-2H3. The highest BCUT2D eigenvalue weighted by Gasteiger charge is 2.23. The van der Waals surface area contributed by atoms with Crippen LogP contribution in [0.2, 0.25) is 0 Å². The summed E-state index contributed by atoms with van der Waals surface area (Å²) in [7, 11) is 1.90. The largest absolute Gasteiger partial charge is 0.372 e. The molecule has 0 aromatic rings. The molecule has 66 valence electrons. The average molecular weight is 159 g/mol. The maximum absolute atomic E-state index is 5.53. The molecule has 1 rings (SSSR count). The predicted octanol–water partition coefficient (Wildman–Crippen LogP) is 0.747. The first-order valence-corrected chi connectivity index (χ1v) is 4.29. The van der Waals surface area contributed by atoms with Crippen LogP contribution in [0.1, 0.15) is 19.8 Å². The Kier molecular flexibility index (Phi) is 3.83. The van der Waals surface area contributed by atoms with E-state index < -0.39 is 0 Å². The number of hydrogen-bond donors (Lipinski definition) is 1. The van der Waals surface area contributed by atoms with Crippen molar-refractivity contribution in [3.05, 3.63) is 0 Å². The highest BCUT2D eigenvalue weighted by molar-refractivity contribution is 4.69. The van der Waals surface area contributed by atoms with E-state index in [9.17, 15) is 0 Å². The van der Waals surface area contributed by atoms with Crippen LogP contribution in [-0.4, -0.2) is 32.6 Å². The summed E-state index contributed by atoms with van der Waals surface area (Å²) < 4.78 is 11.0. The molecule has 0 aliphatic carbocycles. The minimum atomic E-state index is 0.101. The van der Waals surface area contributed by atoms with E-state index in [1.165, 1.54) is 0 Å². The lowest BCUT2D eigenvalue weighted by Gasteiger charge is -2.31. The summed E-state index contributed by atoms with van der Waals surface area (Å²) in [6.45, 7) is 3.61. The Morgan fingerprint density at radius 3 is 2.73 bits per heavy atom. The molecule has 1 saturated heterocycles. The minimum absolute atomic E-state index is 0.101. The van der Waals surface area contributed by atoms with E-state index in [4.69, 9.17) is 9.47 Å². The van der Waals surface area contributed by atoms with Gasteiger partial charge in [0.15, 0.2) is 0 Å². The van der Waals surface area contributed by atoms with Crippen molar-refractivity contribution in [2.45, 2.75) is 32.1 Å². The van der Waals surface area contributed by atoms with Crippen LogP contribution in [-0.2, 0) is 9.47 Å². The van der Waals surface area contributed by atoms with Crippen molar-refractivity contribution >= 4 is 0 Å². The Bertz CT molecular complexity index is 106. The molecule has 0 spiro atoms. The van der Waals surface area contributed by atoms with Gasteiger partial charge in [0, 0.05) is 0 Å². The summed E-state index contributed by atoms with van der Waals surface area (Å²) in [5.41, 5.74) is 0. The smallest absolute Gasteiger partial charge is 0.134 e. The van der Waals surface area contributed by atoms with Crippen LogP contribution < -0.4 is 5.32 Å². The second kappa shape index (κ2) is 4.70. The third-order valence-corrected chi connectivity index (χ3v) is 1.91. The van der Waals surface area contributed by atoms with Crippen LogP contribution in [0, 0.1) is 0 Å². The number of ether oxygens (including phenoxy) is 2. The summed E-state index contributed by atoms with van der Waals surface area (Å²) in [5, 5.41) is 3.09. The zero-order chi connectivity index (χ0) is 8.10. The van der Waals surface area contributed by atoms with Crippen LogP contribution >= 0.6 is 0 Å². The first kappa shape index (κ1) is 8.97. The van der Waals surface area contributed by atoms with E-state index >= 15 is 0 Å². The van der Waals surface area contributed by atoms with Crippen molar-refractivity contribution < 1.29 is 9.47 Å². The van der Waals surface area contributed by atoms with Gasteiger partial charge in [-0.2, -0.15) is 0 Å². The fourth-order valence-corrected chi connectivity index (χ4v) is 1.36. The molecule has 1 heterocycles. The molecule has 0 radical (unpaired) electrons. The Balaban J connectivity index is 2.31. The third kappa shape index (κ3) is 2.43. The topological polar surface area (TPSA) is 30.5 Å². The maximum atomic E-state index is 5.53. The second-order valence-corrected chi connectivity index (χ2v) is 2.78. The van der Waals surface area contributed by atoms with Crippen LogP contribution in [0.15, 0.2) is 0 Å². The molecule has 0 aromatic heterocycles. The lowest BCUT2D eigenvalue weighted by atomic mass is 10.2. The fraction of sp³-hybridized carbons (Fsp3) is 1.00. The van der Waals surface area contributed by atoms with E-state index in [-0.39, 0.29) is 12.3 Å². The first-order valence-electron chi connectivity index (χ1n) is 4.29. The predicted molar refractivity (Wildman–Crippen MR) is 43.4 cm³/mol. The van der Waals surface area contributed by atoms with Gasteiger partial charge in [-0.15, -0.1) is 0 Å². The molecular weight excluding hydrogens is 142 g/mol. The fourth-order valence-electron chi connectivity index (χ4n) is 1.36. The van der Waals surface area contributed by atoms with Crippen molar-refractivity contribution in [2.75, 3.05) is 20.3 Å². The lowest BCUT2D eigenvalue weighted by molar-refractivity contribution is -0.151. The zero-order valence-corrected chi connectivity index (χ0v) is 7.30. The van der Waals surface area contributed by atoms with Gasteiger partial charge < -0.3 is 9.47 Å². The quantitative estimate of drug-likeness (QED) is 0.659. The number of nitrogens with one attached hydrogen (secondary N) is 1. The first-order chi connectivity index (χ1) is 5.38. The van der Waals surface area contributed by atoms with Crippen LogP contribution in [0.4, 0.5) is 0 Å². The second-order valence-electron chi connectivity index (χ2n) is 2.78. The summed E-state index contributed by atoms with van der Waals surface area (Å²) in [6, 6.07) is 0. The summed E-state index contributed by atoms with van der Waals surface area (Å²) >= 11 is 0. The number of likely N-dealkylation sites (N-methyl/N-ethyl adjacent to an activating group) is 1. The van der Waals surface area contributed by atoms with Crippen LogP contribution in [0.5, 0.6) is 0 Å². The van der Waals surface area contributed by atoms with Gasteiger partial charge in [0.05, 0.1) is 19.3 Å². The van der Waals surface area contributed by atoms with Crippen molar-refractivity contribution in [1.29, 1.82) is 0 Å². The highest BCUT2D eigenvalue weighted by atomic mass is 16.6. The molecule has 3 heteroatoms. The Labute approximate surface area is 68.1 Å². The van der Waals surface area contributed by atoms with Gasteiger partial charge in [-0.05, 0) is 13.5 Å². The van der Waals surface area contributed by atoms with Crippen molar-refractivity contribution in [3.63, 3.8) is 0 Å². The zero-order valence-electron chi connectivity index (χ0n) is 7.30. The van der Waals surface area contributed by atoms with E-state index in [0.29, 0.717) is 6.61 Å². The molecule has 1 aliphatic heterocycles. The van der Waals surface area contributed by atoms with Crippen molar-refractivity contribution in [2.24, 2.45) is 0 Å². The van der Waals surface area contributed by atoms with E-state index in [1.807, 2.05) is 7.05 Å². The molecular formula is C8H17NO2. The van der Waals surface area contributed by atoms with Gasteiger partial charge in [-0.1, -0.05) is 13.3 Å². The normalized spacial score (nSPS) is 32.2. The van der Waals surface area contributed by atoms with Crippen molar-refractivity contribution in [3.8, 4) is 0 Å². The third-order valence-electron chi connectivity index (χ3n) is 1.91. The molecule has 0 amide bonds. The average Bonchev–Trinajstić information content (AvgIpc) is 2.06. The SMILES string of the molecule is CCCC1OCCOC1NC. The monoisotopic (exact) mass is 159 g/mol. The highest BCUT2D eigenvalue weighted by Crippen LogP contribution is 2.12. The molecule has 1 fully saturated rings. The van der Waals surface area contributed by atoms with Crippen LogP contribution in [0.25, 0.3) is 0 Å².